The Bertz CT molecular complexity index is 1020. The van der Waals surface area contributed by atoms with Gasteiger partial charge in [0.2, 0.25) is 10.0 Å². The second-order valence-corrected chi connectivity index (χ2v) is 9.55. The molecule has 0 aliphatic heterocycles. The molecule has 3 aromatic carbocycles. The van der Waals surface area contributed by atoms with Gasteiger partial charge in [-0.05, 0) is 54.4 Å². The summed E-state index contributed by atoms with van der Waals surface area (Å²) in [6.07, 6.45) is 0. The van der Waals surface area contributed by atoms with Gasteiger partial charge in [0.25, 0.3) is 0 Å². The molecule has 1 N–H and O–H groups in total. The molecule has 0 spiro atoms. The maximum atomic E-state index is 13.1. The number of sulfonamides is 1. The number of hydrogen-bond acceptors (Lipinski definition) is 4. The van der Waals surface area contributed by atoms with Crippen LogP contribution >= 0.6 is 0 Å². The van der Waals surface area contributed by atoms with Crippen LogP contribution in [-0.2, 0) is 10.0 Å². The van der Waals surface area contributed by atoms with Crippen LogP contribution < -0.4 is 14.5 Å². The highest BCUT2D eigenvalue weighted by Crippen LogP contribution is 2.28. The third-order valence-corrected chi connectivity index (χ3v) is 6.53. The molecule has 5 nitrogen and oxygen atoms in total. The van der Waals surface area contributed by atoms with Crippen molar-refractivity contribution in [3.05, 3.63) is 89.5 Å². The summed E-state index contributed by atoms with van der Waals surface area (Å²) in [6.45, 7) is 1.94. The zero-order chi connectivity index (χ0) is 21.9. The lowest BCUT2D eigenvalue weighted by atomic mass is 9.99. The zero-order valence-corrected chi connectivity index (χ0v) is 18.9. The van der Waals surface area contributed by atoms with Gasteiger partial charge in [0.05, 0.1) is 10.9 Å². The van der Waals surface area contributed by atoms with E-state index in [2.05, 4.69) is 4.72 Å². The number of aryl methyl sites for hydroxylation is 1. The van der Waals surface area contributed by atoms with Gasteiger partial charge in [-0.25, -0.2) is 8.42 Å². The monoisotopic (exact) mass is 423 g/mol. The third kappa shape index (κ3) is 5.01. The minimum atomic E-state index is -3.70. The Labute approximate surface area is 180 Å². The lowest BCUT2D eigenvalue weighted by Gasteiger charge is -2.22. The topological polar surface area (TPSA) is 52.7 Å². The number of anilines is 2. The molecule has 0 fully saturated rings. The fourth-order valence-corrected chi connectivity index (χ4v) is 4.41. The van der Waals surface area contributed by atoms with E-state index in [1.54, 1.807) is 24.3 Å². The van der Waals surface area contributed by atoms with Crippen molar-refractivity contribution in [1.82, 2.24) is 4.72 Å². The highest BCUT2D eigenvalue weighted by atomic mass is 32.2. The van der Waals surface area contributed by atoms with Crippen LogP contribution in [0, 0.1) is 6.92 Å². The molecule has 0 radical (unpaired) electrons. The van der Waals surface area contributed by atoms with Crippen LogP contribution in [-0.4, -0.2) is 36.6 Å². The van der Waals surface area contributed by atoms with E-state index in [0.717, 1.165) is 28.1 Å². The van der Waals surface area contributed by atoms with E-state index in [9.17, 15) is 8.42 Å². The zero-order valence-electron chi connectivity index (χ0n) is 18.1. The van der Waals surface area contributed by atoms with Crippen LogP contribution in [0.25, 0.3) is 0 Å². The summed E-state index contributed by atoms with van der Waals surface area (Å²) in [6, 6.07) is 22.3. The van der Waals surface area contributed by atoms with Gasteiger partial charge in [0.15, 0.2) is 0 Å². The predicted octanol–water partition coefficient (Wildman–Crippen LogP) is 4.19. The number of hydrogen-bond donors (Lipinski definition) is 1. The maximum Gasteiger partial charge on any atom is 0.241 e. The van der Waals surface area contributed by atoms with Crippen molar-refractivity contribution in [3.8, 4) is 0 Å². The molecule has 0 aliphatic rings. The van der Waals surface area contributed by atoms with E-state index in [1.165, 1.54) is 0 Å². The van der Waals surface area contributed by atoms with Crippen LogP contribution in [0.5, 0.6) is 0 Å². The Hall–Kier alpha value is -2.83. The van der Waals surface area contributed by atoms with E-state index in [1.807, 2.05) is 93.4 Å². The second kappa shape index (κ2) is 8.90. The van der Waals surface area contributed by atoms with Gasteiger partial charge in [0.1, 0.15) is 0 Å². The first-order chi connectivity index (χ1) is 14.2. The first-order valence-corrected chi connectivity index (χ1v) is 11.3. The Kier molecular flexibility index (Phi) is 6.48. The van der Waals surface area contributed by atoms with Gasteiger partial charge < -0.3 is 9.80 Å². The smallest absolute Gasteiger partial charge is 0.241 e. The lowest BCUT2D eigenvalue weighted by Crippen LogP contribution is -2.29. The largest absolute Gasteiger partial charge is 0.378 e. The predicted molar refractivity (Wildman–Crippen MR) is 125 cm³/mol. The Morgan fingerprint density at radius 1 is 0.667 bits per heavy atom. The van der Waals surface area contributed by atoms with E-state index in [4.69, 9.17) is 0 Å². The highest BCUT2D eigenvalue weighted by Gasteiger charge is 2.23. The van der Waals surface area contributed by atoms with Gasteiger partial charge >= 0.3 is 0 Å². The number of nitrogens with zero attached hydrogens (tertiary/aromatic N) is 2. The van der Waals surface area contributed by atoms with Gasteiger partial charge in [-0.2, -0.15) is 4.72 Å². The summed E-state index contributed by atoms with van der Waals surface area (Å²) in [5.74, 6) is 0. The molecule has 0 atom stereocenters. The molecule has 3 rings (SSSR count). The van der Waals surface area contributed by atoms with Gasteiger partial charge in [-0.1, -0.05) is 42.0 Å². The Morgan fingerprint density at radius 3 is 1.43 bits per heavy atom. The molecule has 6 heteroatoms. The van der Waals surface area contributed by atoms with E-state index in [-0.39, 0.29) is 4.90 Å². The maximum absolute atomic E-state index is 13.1. The molecular weight excluding hydrogens is 394 g/mol. The summed E-state index contributed by atoms with van der Waals surface area (Å²) in [7, 11) is 4.22. The minimum Gasteiger partial charge on any atom is -0.378 e. The SMILES string of the molecule is Cc1ccc(S(=O)(=O)NC(c2ccc(N(C)C)cc2)c2ccc(N(C)C)cc2)cc1. The summed E-state index contributed by atoms with van der Waals surface area (Å²) < 4.78 is 29.2. The first kappa shape index (κ1) is 21.9. The van der Waals surface area contributed by atoms with Crippen LogP contribution in [0.3, 0.4) is 0 Å². The molecule has 0 saturated carbocycles. The normalized spacial score (nSPS) is 11.5. The van der Waals surface area contributed by atoms with Crippen molar-refractivity contribution < 1.29 is 8.42 Å². The fraction of sp³-hybridized carbons (Fsp3) is 0.250. The highest BCUT2D eigenvalue weighted by molar-refractivity contribution is 7.89. The van der Waals surface area contributed by atoms with Crippen molar-refractivity contribution in [2.75, 3.05) is 38.0 Å². The van der Waals surface area contributed by atoms with Crippen molar-refractivity contribution >= 4 is 21.4 Å². The second-order valence-electron chi connectivity index (χ2n) is 7.84. The van der Waals surface area contributed by atoms with Crippen molar-refractivity contribution in [2.24, 2.45) is 0 Å². The summed E-state index contributed by atoms with van der Waals surface area (Å²) in [5.41, 5.74) is 4.90. The van der Waals surface area contributed by atoms with Crippen molar-refractivity contribution in [3.63, 3.8) is 0 Å². The van der Waals surface area contributed by atoms with Crippen LogP contribution in [0.1, 0.15) is 22.7 Å². The fourth-order valence-electron chi connectivity index (χ4n) is 3.20. The summed E-state index contributed by atoms with van der Waals surface area (Å²) >= 11 is 0. The molecule has 0 saturated heterocycles. The molecule has 0 bridgehead atoms. The van der Waals surface area contributed by atoms with Gasteiger partial charge in [-0.3, -0.25) is 0 Å². The number of benzene rings is 3. The summed E-state index contributed by atoms with van der Waals surface area (Å²) in [5, 5.41) is 0. The third-order valence-electron chi connectivity index (χ3n) is 5.09. The van der Waals surface area contributed by atoms with Crippen LogP contribution in [0.2, 0.25) is 0 Å². The average molecular weight is 424 g/mol. The molecule has 0 unspecified atom stereocenters. The van der Waals surface area contributed by atoms with E-state index >= 15 is 0 Å². The standard InChI is InChI=1S/C24H29N3O2S/c1-18-6-16-23(17-7-18)30(28,29)25-24(19-8-12-21(13-9-19)26(2)3)20-10-14-22(15-11-20)27(4)5/h6-17,24-25H,1-5H3. The Balaban J connectivity index is 2.01. The van der Waals surface area contributed by atoms with E-state index < -0.39 is 16.1 Å². The number of nitrogens with one attached hydrogen (secondary N) is 1. The molecule has 158 valence electrons. The molecular formula is C24H29N3O2S. The lowest BCUT2D eigenvalue weighted by molar-refractivity contribution is 0.572. The summed E-state index contributed by atoms with van der Waals surface area (Å²) in [4.78, 5) is 4.29. The molecule has 0 amide bonds. The van der Waals surface area contributed by atoms with E-state index in [0.29, 0.717) is 0 Å². The van der Waals surface area contributed by atoms with Crippen LogP contribution in [0.4, 0.5) is 11.4 Å². The number of rotatable bonds is 7. The van der Waals surface area contributed by atoms with Crippen molar-refractivity contribution in [1.29, 1.82) is 0 Å². The quantitative estimate of drug-likeness (QED) is 0.619. The van der Waals surface area contributed by atoms with Gasteiger partial charge in [-0.15, -0.1) is 0 Å². The Morgan fingerprint density at radius 2 is 1.07 bits per heavy atom. The average Bonchev–Trinajstić information content (AvgIpc) is 2.72. The first-order valence-electron chi connectivity index (χ1n) is 9.81. The molecule has 30 heavy (non-hydrogen) atoms. The molecule has 0 aliphatic carbocycles. The minimum absolute atomic E-state index is 0.257. The van der Waals surface area contributed by atoms with Crippen LogP contribution in [0.15, 0.2) is 77.7 Å². The molecule has 0 aromatic heterocycles. The van der Waals surface area contributed by atoms with Crippen molar-refractivity contribution in [2.45, 2.75) is 17.9 Å². The van der Waals surface area contributed by atoms with Gasteiger partial charge in [0, 0.05) is 39.6 Å². The molecule has 3 aromatic rings. The molecule has 0 heterocycles.